The number of rotatable bonds is 4. The van der Waals surface area contributed by atoms with Crippen LogP contribution in [0.1, 0.15) is 33.3 Å². The predicted molar refractivity (Wildman–Crippen MR) is 117 cm³/mol. The van der Waals surface area contributed by atoms with Crippen LogP contribution >= 0.6 is 11.3 Å². The minimum atomic E-state index is -0.216. The second-order valence-electron chi connectivity index (χ2n) is 6.93. The Morgan fingerprint density at radius 1 is 1.07 bits per heavy atom. The average Bonchev–Trinajstić information content (AvgIpc) is 3.49. The van der Waals surface area contributed by atoms with Gasteiger partial charge in [0.2, 0.25) is 0 Å². The van der Waals surface area contributed by atoms with Crippen molar-refractivity contribution in [2.45, 2.75) is 12.5 Å². The molecule has 2 aromatic heterocycles. The van der Waals surface area contributed by atoms with E-state index in [-0.39, 0.29) is 11.9 Å². The highest BCUT2D eigenvalue weighted by molar-refractivity contribution is 7.12. The summed E-state index contributed by atoms with van der Waals surface area (Å²) in [5, 5.41) is 8.24. The van der Waals surface area contributed by atoms with Crippen LogP contribution in [0.25, 0.3) is 11.0 Å². The largest absolute Gasteiger partial charge is 0.497 e. The highest BCUT2D eigenvalue weighted by Crippen LogP contribution is 2.35. The van der Waals surface area contributed by atoms with Gasteiger partial charge < -0.3 is 4.74 Å². The summed E-state index contributed by atoms with van der Waals surface area (Å²) in [6, 6.07) is 17.2. The lowest BCUT2D eigenvalue weighted by Crippen LogP contribution is -2.26. The van der Waals surface area contributed by atoms with Gasteiger partial charge >= 0.3 is 0 Å². The average molecular weight is 414 g/mol. The third-order valence-electron chi connectivity index (χ3n) is 5.13. The Bertz CT molecular complexity index is 1250. The number of hydrazone groups is 1. The number of hydrogen-bond donors (Lipinski definition) is 0. The van der Waals surface area contributed by atoms with E-state index >= 15 is 0 Å². The topological polar surface area (TPSA) is 67.7 Å². The maximum Gasteiger partial charge on any atom is 0.284 e. The monoisotopic (exact) mass is 414 g/mol. The number of ether oxygens (including phenoxy) is 1. The molecule has 0 bridgehead atoms. The first-order valence-corrected chi connectivity index (χ1v) is 10.4. The Labute approximate surface area is 177 Å². The van der Waals surface area contributed by atoms with Gasteiger partial charge in [-0.3, -0.25) is 14.8 Å². The standard InChI is InChI=1S/C23H18N4O2S/c1-29-17-5-2-4-15(12-17)19-14-21(27(26-19)23(28)22-6-3-11-30-22)16-7-8-18-20(13-16)25-10-9-24-18/h2-13,21H,14H2,1H3/t21-/m1/s1. The van der Waals surface area contributed by atoms with Crippen LogP contribution in [-0.4, -0.2) is 33.7 Å². The summed E-state index contributed by atoms with van der Waals surface area (Å²) in [4.78, 5) is 22.7. The van der Waals surface area contributed by atoms with Gasteiger partial charge in [-0.1, -0.05) is 24.3 Å². The van der Waals surface area contributed by atoms with E-state index in [1.807, 2.05) is 60.0 Å². The first-order valence-electron chi connectivity index (χ1n) is 9.52. The van der Waals surface area contributed by atoms with E-state index in [0.29, 0.717) is 11.3 Å². The number of methoxy groups -OCH3 is 1. The smallest absolute Gasteiger partial charge is 0.284 e. The van der Waals surface area contributed by atoms with Crippen LogP contribution in [0.2, 0.25) is 0 Å². The maximum absolute atomic E-state index is 13.2. The molecule has 6 nitrogen and oxygen atoms in total. The van der Waals surface area contributed by atoms with Crippen molar-refractivity contribution in [1.29, 1.82) is 0 Å². The Morgan fingerprint density at radius 2 is 1.93 bits per heavy atom. The van der Waals surface area contributed by atoms with E-state index in [4.69, 9.17) is 9.84 Å². The van der Waals surface area contributed by atoms with Crippen molar-refractivity contribution in [3.63, 3.8) is 0 Å². The molecule has 1 aliphatic heterocycles. The maximum atomic E-state index is 13.2. The summed E-state index contributed by atoms with van der Waals surface area (Å²) < 4.78 is 5.36. The summed E-state index contributed by atoms with van der Waals surface area (Å²) in [6.07, 6.45) is 3.96. The van der Waals surface area contributed by atoms with Crippen LogP contribution in [0.4, 0.5) is 0 Å². The van der Waals surface area contributed by atoms with Gasteiger partial charge in [-0.2, -0.15) is 5.10 Å². The van der Waals surface area contributed by atoms with Gasteiger partial charge in [-0.05, 0) is 41.3 Å². The number of thiophene rings is 1. The van der Waals surface area contributed by atoms with Crippen molar-refractivity contribution in [3.8, 4) is 5.75 Å². The number of carbonyl (C=O) groups is 1. The minimum absolute atomic E-state index is 0.105. The molecule has 0 saturated carbocycles. The fraction of sp³-hybridized carbons (Fsp3) is 0.130. The highest BCUT2D eigenvalue weighted by Gasteiger charge is 2.34. The van der Waals surface area contributed by atoms with Gasteiger partial charge in [-0.15, -0.1) is 11.3 Å². The second-order valence-corrected chi connectivity index (χ2v) is 7.88. The summed E-state index contributed by atoms with van der Waals surface area (Å²) >= 11 is 1.42. The molecule has 1 amide bonds. The molecule has 1 aliphatic rings. The van der Waals surface area contributed by atoms with Crippen molar-refractivity contribution < 1.29 is 9.53 Å². The third kappa shape index (κ3) is 3.33. The fourth-order valence-corrected chi connectivity index (χ4v) is 4.29. The zero-order valence-electron chi connectivity index (χ0n) is 16.2. The van der Waals surface area contributed by atoms with E-state index in [1.54, 1.807) is 24.5 Å². The van der Waals surface area contributed by atoms with Crippen LogP contribution in [0, 0.1) is 0 Å². The number of nitrogens with zero attached hydrogens (tertiary/aromatic N) is 4. The summed E-state index contributed by atoms with van der Waals surface area (Å²) in [5.74, 6) is 0.655. The van der Waals surface area contributed by atoms with E-state index in [2.05, 4.69) is 9.97 Å². The van der Waals surface area contributed by atoms with Crippen LogP contribution in [0.15, 0.2) is 77.5 Å². The molecule has 0 spiro atoms. The van der Waals surface area contributed by atoms with Gasteiger partial charge in [0, 0.05) is 24.4 Å². The lowest BCUT2D eigenvalue weighted by atomic mass is 9.97. The molecule has 7 heteroatoms. The Hall–Kier alpha value is -3.58. The lowest BCUT2D eigenvalue weighted by molar-refractivity contribution is 0.0716. The molecule has 0 N–H and O–H groups in total. The second kappa shape index (κ2) is 7.68. The van der Waals surface area contributed by atoms with Crippen molar-refractivity contribution in [2.24, 2.45) is 5.10 Å². The molecule has 0 fully saturated rings. The first-order chi connectivity index (χ1) is 14.7. The zero-order chi connectivity index (χ0) is 20.5. The molecule has 2 aromatic carbocycles. The molecule has 0 saturated heterocycles. The van der Waals surface area contributed by atoms with Crippen LogP contribution in [-0.2, 0) is 0 Å². The van der Waals surface area contributed by atoms with Gasteiger partial charge in [0.1, 0.15) is 5.75 Å². The molecule has 0 radical (unpaired) electrons. The first kappa shape index (κ1) is 18.4. The Kier molecular flexibility index (Phi) is 4.72. The zero-order valence-corrected chi connectivity index (χ0v) is 17.0. The molecule has 1 atom stereocenters. The third-order valence-corrected chi connectivity index (χ3v) is 5.99. The van der Waals surface area contributed by atoms with E-state index in [1.165, 1.54) is 11.3 Å². The molecule has 30 heavy (non-hydrogen) atoms. The molecular weight excluding hydrogens is 396 g/mol. The molecule has 3 heterocycles. The van der Waals surface area contributed by atoms with Gasteiger partial charge in [0.25, 0.3) is 5.91 Å². The quantitative estimate of drug-likeness (QED) is 0.486. The number of benzene rings is 2. The van der Waals surface area contributed by atoms with Crippen molar-refractivity contribution in [2.75, 3.05) is 7.11 Å². The summed E-state index contributed by atoms with van der Waals surface area (Å²) in [5.41, 5.74) is 4.40. The summed E-state index contributed by atoms with van der Waals surface area (Å²) in [7, 11) is 1.64. The number of carbonyl (C=O) groups excluding carboxylic acids is 1. The number of hydrogen-bond acceptors (Lipinski definition) is 6. The minimum Gasteiger partial charge on any atom is -0.497 e. The normalized spacial score (nSPS) is 16.0. The fourth-order valence-electron chi connectivity index (χ4n) is 3.64. The molecule has 5 rings (SSSR count). The molecule has 148 valence electrons. The van der Waals surface area contributed by atoms with Gasteiger partial charge in [-0.25, -0.2) is 5.01 Å². The summed E-state index contributed by atoms with van der Waals surface area (Å²) in [6.45, 7) is 0. The SMILES string of the molecule is COc1cccc(C2=NN(C(=O)c3cccs3)[C@@H](c3ccc4nccnc4c3)C2)c1. The van der Waals surface area contributed by atoms with Crippen molar-refractivity contribution in [3.05, 3.63) is 88.4 Å². The van der Waals surface area contributed by atoms with Gasteiger partial charge in [0.05, 0.1) is 34.8 Å². The molecular formula is C23H18N4O2S. The van der Waals surface area contributed by atoms with Crippen LogP contribution in [0.3, 0.4) is 0 Å². The number of amides is 1. The Morgan fingerprint density at radius 3 is 2.73 bits per heavy atom. The predicted octanol–water partition coefficient (Wildman–Crippen LogP) is 4.69. The van der Waals surface area contributed by atoms with Crippen LogP contribution < -0.4 is 4.74 Å². The Balaban J connectivity index is 1.56. The van der Waals surface area contributed by atoms with E-state index in [0.717, 1.165) is 33.6 Å². The number of aromatic nitrogens is 2. The number of fused-ring (bicyclic) bond motifs is 1. The van der Waals surface area contributed by atoms with E-state index < -0.39 is 0 Å². The van der Waals surface area contributed by atoms with Crippen molar-refractivity contribution in [1.82, 2.24) is 15.0 Å². The molecule has 0 unspecified atom stereocenters. The van der Waals surface area contributed by atoms with Crippen LogP contribution in [0.5, 0.6) is 5.75 Å². The highest BCUT2D eigenvalue weighted by atomic mass is 32.1. The molecule has 4 aromatic rings. The lowest BCUT2D eigenvalue weighted by Gasteiger charge is -2.21. The van der Waals surface area contributed by atoms with E-state index in [9.17, 15) is 4.79 Å². The van der Waals surface area contributed by atoms with Crippen molar-refractivity contribution >= 4 is 34.0 Å². The molecule has 0 aliphatic carbocycles. The van der Waals surface area contributed by atoms with Gasteiger partial charge in [0.15, 0.2) is 0 Å².